The van der Waals surface area contributed by atoms with Crippen LogP contribution in [0.2, 0.25) is 0 Å². The number of hydrogen-bond donors (Lipinski definition) is 2. The highest BCUT2D eigenvalue weighted by Crippen LogP contribution is 2.22. The minimum atomic E-state index is -0.373. The van der Waals surface area contributed by atoms with Crippen molar-refractivity contribution in [3.05, 3.63) is 48.3 Å². The van der Waals surface area contributed by atoms with E-state index in [0.717, 1.165) is 5.56 Å². The van der Waals surface area contributed by atoms with E-state index in [1.54, 1.807) is 29.7 Å². The van der Waals surface area contributed by atoms with Gasteiger partial charge in [-0.3, -0.25) is 9.48 Å². The lowest BCUT2D eigenvalue weighted by atomic mass is 10.1. The van der Waals surface area contributed by atoms with Crippen LogP contribution in [0.25, 0.3) is 0 Å². The van der Waals surface area contributed by atoms with Gasteiger partial charge in [0.05, 0.1) is 6.20 Å². The molecule has 0 aliphatic heterocycles. The van der Waals surface area contributed by atoms with Crippen molar-refractivity contribution in [2.45, 2.75) is 23.1 Å². The zero-order valence-corrected chi connectivity index (χ0v) is 13.9. The summed E-state index contributed by atoms with van der Waals surface area (Å²) in [5.41, 5.74) is 0.867. The minimum absolute atomic E-state index is 0.0315. The average Bonchev–Trinajstić information content (AvgIpc) is 2.93. The Morgan fingerprint density at radius 1 is 1.36 bits per heavy atom. The van der Waals surface area contributed by atoms with Gasteiger partial charge in [-0.05, 0) is 19.2 Å². The van der Waals surface area contributed by atoms with Gasteiger partial charge >= 0.3 is 0 Å². The molecule has 0 fully saturated rings. The van der Waals surface area contributed by atoms with Crippen LogP contribution in [-0.4, -0.2) is 34.5 Å². The molecule has 0 radical (unpaired) electrons. The highest BCUT2D eigenvalue weighted by atomic mass is 32.2. The maximum Gasteiger partial charge on any atom is 0.241 e. The van der Waals surface area contributed by atoms with E-state index in [-0.39, 0.29) is 11.9 Å². The van der Waals surface area contributed by atoms with E-state index in [1.807, 2.05) is 31.4 Å². The Morgan fingerprint density at radius 3 is 2.68 bits per heavy atom. The fourth-order valence-corrected chi connectivity index (χ4v) is 3.10. The lowest BCUT2D eigenvalue weighted by Gasteiger charge is -2.17. The van der Waals surface area contributed by atoms with Crippen LogP contribution < -0.4 is 10.6 Å². The number of nitrogens with zero attached hydrogens (tertiary/aromatic N) is 2. The number of carbonyl (C=O) groups is 1. The van der Waals surface area contributed by atoms with E-state index in [1.165, 1.54) is 4.90 Å². The van der Waals surface area contributed by atoms with Gasteiger partial charge in [0.2, 0.25) is 5.91 Å². The molecule has 0 saturated heterocycles. The Balaban J connectivity index is 1.85. The Kier molecular flexibility index (Phi) is 6.03. The number of hydrogen-bond acceptors (Lipinski definition) is 4. The third kappa shape index (κ3) is 4.61. The molecule has 2 N–H and O–H groups in total. The van der Waals surface area contributed by atoms with Gasteiger partial charge in [0.1, 0.15) is 6.04 Å². The summed E-state index contributed by atoms with van der Waals surface area (Å²) in [6.07, 6.45) is 3.56. The van der Waals surface area contributed by atoms with E-state index < -0.39 is 0 Å². The molecule has 2 atom stereocenters. The summed E-state index contributed by atoms with van der Waals surface area (Å²) in [7, 11) is 3.62. The number of benzene rings is 1. The standard InChI is InChI=1S/C16H22N4OS/c1-12(22-14-7-5-4-6-8-14)9-18-16(21)15(17-2)13-10-19-20(3)11-13/h4-8,10-12,15,17H,9H2,1-3H3,(H,18,21). The van der Waals surface area contributed by atoms with E-state index in [9.17, 15) is 4.79 Å². The molecule has 5 nitrogen and oxygen atoms in total. The van der Waals surface area contributed by atoms with Crippen LogP contribution in [-0.2, 0) is 11.8 Å². The van der Waals surface area contributed by atoms with E-state index in [0.29, 0.717) is 11.8 Å². The summed E-state index contributed by atoms with van der Waals surface area (Å²) in [4.78, 5) is 13.5. The summed E-state index contributed by atoms with van der Waals surface area (Å²) in [6.45, 7) is 2.73. The third-order valence-corrected chi connectivity index (χ3v) is 4.37. The summed E-state index contributed by atoms with van der Waals surface area (Å²) in [6, 6.07) is 9.83. The van der Waals surface area contributed by atoms with E-state index in [2.05, 4.69) is 34.8 Å². The fourth-order valence-electron chi connectivity index (χ4n) is 2.16. The Labute approximate surface area is 135 Å². The third-order valence-electron chi connectivity index (χ3n) is 3.25. The second-order valence-corrected chi connectivity index (χ2v) is 6.67. The molecule has 1 amide bonds. The molecule has 0 saturated carbocycles. The molecule has 2 rings (SSSR count). The molecule has 0 bridgehead atoms. The van der Waals surface area contributed by atoms with Gasteiger partial charge in [0, 0.05) is 35.5 Å². The van der Waals surface area contributed by atoms with Crippen LogP contribution in [0.1, 0.15) is 18.5 Å². The molecule has 0 aliphatic rings. The topological polar surface area (TPSA) is 59.0 Å². The second kappa shape index (κ2) is 8.00. The van der Waals surface area contributed by atoms with Crippen LogP contribution in [0.15, 0.2) is 47.6 Å². The molecule has 0 aliphatic carbocycles. The summed E-state index contributed by atoms with van der Waals surface area (Å²) in [5.74, 6) is -0.0315. The quantitative estimate of drug-likeness (QED) is 0.767. The van der Waals surface area contributed by atoms with Crippen molar-refractivity contribution in [2.75, 3.05) is 13.6 Å². The van der Waals surface area contributed by atoms with Gasteiger partial charge < -0.3 is 10.6 Å². The van der Waals surface area contributed by atoms with Gasteiger partial charge in [-0.25, -0.2) is 0 Å². The average molecular weight is 318 g/mol. The highest BCUT2D eigenvalue weighted by molar-refractivity contribution is 8.00. The maximum atomic E-state index is 12.3. The number of carbonyl (C=O) groups excluding carboxylic acids is 1. The molecule has 1 aromatic heterocycles. The van der Waals surface area contributed by atoms with Gasteiger partial charge in [-0.1, -0.05) is 25.1 Å². The van der Waals surface area contributed by atoms with Crippen molar-refractivity contribution in [1.29, 1.82) is 0 Å². The lowest BCUT2D eigenvalue weighted by Crippen LogP contribution is -2.38. The van der Waals surface area contributed by atoms with Crippen molar-refractivity contribution in [1.82, 2.24) is 20.4 Å². The number of amides is 1. The second-order valence-electron chi connectivity index (χ2n) is 5.16. The number of nitrogens with one attached hydrogen (secondary N) is 2. The summed E-state index contributed by atoms with van der Waals surface area (Å²) >= 11 is 1.75. The Morgan fingerprint density at radius 2 is 2.09 bits per heavy atom. The molecule has 0 spiro atoms. The van der Waals surface area contributed by atoms with Crippen LogP contribution in [0.5, 0.6) is 0 Å². The smallest absolute Gasteiger partial charge is 0.241 e. The largest absolute Gasteiger partial charge is 0.353 e. The zero-order valence-electron chi connectivity index (χ0n) is 13.1. The SMILES string of the molecule is CNC(C(=O)NCC(C)Sc1ccccc1)c1cnn(C)c1. The monoisotopic (exact) mass is 318 g/mol. The molecular formula is C16H22N4OS. The van der Waals surface area contributed by atoms with Crippen molar-refractivity contribution >= 4 is 17.7 Å². The molecule has 118 valence electrons. The highest BCUT2D eigenvalue weighted by Gasteiger charge is 2.20. The maximum absolute atomic E-state index is 12.3. The number of thioether (sulfide) groups is 1. The van der Waals surface area contributed by atoms with Gasteiger partial charge in [0.25, 0.3) is 0 Å². The van der Waals surface area contributed by atoms with Gasteiger partial charge in [0.15, 0.2) is 0 Å². The molecule has 22 heavy (non-hydrogen) atoms. The first-order valence-electron chi connectivity index (χ1n) is 7.25. The number of rotatable bonds is 7. The van der Waals surface area contributed by atoms with Crippen LogP contribution in [0.3, 0.4) is 0 Å². The molecule has 6 heteroatoms. The number of likely N-dealkylation sites (N-methyl/N-ethyl adjacent to an activating group) is 1. The number of aromatic nitrogens is 2. The molecule has 2 unspecified atom stereocenters. The van der Waals surface area contributed by atoms with E-state index >= 15 is 0 Å². The van der Waals surface area contributed by atoms with Crippen molar-refractivity contribution in [2.24, 2.45) is 7.05 Å². The predicted molar refractivity (Wildman–Crippen MR) is 89.8 cm³/mol. The van der Waals surface area contributed by atoms with Gasteiger partial charge in [-0.2, -0.15) is 5.10 Å². The lowest BCUT2D eigenvalue weighted by molar-refractivity contribution is -0.123. The van der Waals surface area contributed by atoms with Crippen LogP contribution >= 0.6 is 11.8 Å². The minimum Gasteiger partial charge on any atom is -0.353 e. The summed E-state index contributed by atoms with van der Waals surface area (Å²) in [5, 5.41) is 10.4. The van der Waals surface area contributed by atoms with E-state index in [4.69, 9.17) is 0 Å². The molecule has 1 heterocycles. The van der Waals surface area contributed by atoms with Crippen molar-refractivity contribution < 1.29 is 4.79 Å². The summed E-state index contributed by atoms with van der Waals surface area (Å²) < 4.78 is 1.70. The predicted octanol–water partition coefficient (Wildman–Crippen LogP) is 1.98. The zero-order chi connectivity index (χ0) is 15.9. The van der Waals surface area contributed by atoms with Gasteiger partial charge in [-0.15, -0.1) is 11.8 Å². The first kappa shape index (κ1) is 16.6. The van der Waals surface area contributed by atoms with Crippen molar-refractivity contribution in [3.8, 4) is 0 Å². The Hall–Kier alpha value is -1.79. The first-order valence-corrected chi connectivity index (χ1v) is 8.13. The fraction of sp³-hybridized carbons (Fsp3) is 0.375. The molecule has 2 aromatic rings. The molecular weight excluding hydrogens is 296 g/mol. The first-order chi connectivity index (χ1) is 10.6. The normalized spacial score (nSPS) is 13.6. The molecule has 1 aromatic carbocycles. The number of aryl methyl sites for hydroxylation is 1. The van der Waals surface area contributed by atoms with Crippen molar-refractivity contribution in [3.63, 3.8) is 0 Å². The van der Waals surface area contributed by atoms with Crippen LogP contribution in [0, 0.1) is 0 Å². The Bertz CT molecular complexity index is 599. The van der Waals surface area contributed by atoms with Crippen LogP contribution in [0.4, 0.5) is 0 Å².